The van der Waals surface area contributed by atoms with Gasteiger partial charge in [0.05, 0.1) is 5.56 Å². The number of carboxylic acids is 1. The molecule has 6 nitrogen and oxygen atoms in total. The molecule has 1 aromatic rings. The largest absolute Gasteiger partial charge is 0.478 e. The lowest BCUT2D eigenvalue weighted by atomic mass is 10.2. The second-order valence-electron chi connectivity index (χ2n) is 3.26. The summed E-state index contributed by atoms with van der Waals surface area (Å²) in [5.41, 5.74) is -0.727. The van der Waals surface area contributed by atoms with Gasteiger partial charge in [-0.15, -0.1) is 3.89 Å². The number of nitrogens with one attached hydrogen (secondary N) is 1. The molecule has 0 heterocycles. The third kappa shape index (κ3) is 3.26. The van der Waals surface area contributed by atoms with Crippen LogP contribution < -0.4 is 5.32 Å². The van der Waals surface area contributed by atoms with Gasteiger partial charge >= 0.3 is 16.2 Å². The average Bonchev–Trinajstić information content (AvgIpc) is 2.12. The van der Waals surface area contributed by atoms with Gasteiger partial charge in [-0.05, 0) is 28.1 Å². The van der Waals surface area contributed by atoms with Gasteiger partial charge in [0.1, 0.15) is 4.90 Å². The maximum absolute atomic E-state index is 13.0. The van der Waals surface area contributed by atoms with Crippen LogP contribution in [0.1, 0.15) is 17.3 Å². The molecule has 0 aliphatic heterocycles. The number of anilines is 1. The molecule has 0 aromatic heterocycles. The molecule has 1 rings (SSSR count). The van der Waals surface area contributed by atoms with Crippen LogP contribution >= 0.6 is 15.9 Å². The van der Waals surface area contributed by atoms with E-state index in [-0.39, 0.29) is 10.2 Å². The Kier molecular flexibility index (Phi) is 4.07. The third-order valence-corrected chi connectivity index (χ3v) is 3.65. The number of carbonyl (C=O) groups is 2. The van der Waals surface area contributed by atoms with E-state index in [0.29, 0.717) is 0 Å². The lowest BCUT2D eigenvalue weighted by Crippen LogP contribution is -2.11. The summed E-state index contributed by atoms with van der Waals surface area (Å²) in [6.45, 7) is 1.19. The molecule has 0 bridgehead atoms. The predicted octanol–water partition coefficient (Wildman–Crippen LogP) is 1.76. The van der Waals surface area contributed by atoms with Crippen molar-refractivity contribution in [1.82, 2.24) is 0 Å². The Morgan fingerprint density at radius 2 is 1.94 bits per heavy atom. The molecule has 0 fully saturated rings. The molecule has 0 saturated heterocycles. The number of aromatic carboxylic acids is 1. The number of rotatable bonds is 3. The molecule has 1 amide bonds. The minimum atomic E-state index is -5.19. The minimum absolute atomic E-state index is 0.0409. The van der Waals surface area contributed by atoms with Crippen LogP contribution in [0.2, 0.25) is 0 Å². The van der Waals surface area contributed by atoms with Gasteiger partial charge in [-0.3, -0.25) is 4.79 Å². The number of benzene rings is 1. The molecule has 9 heteroatoms. The van der Waals surface area contributed by atoms with Crippen molar-refractivity contribution >= 4 is 43.7 Å². The molecule has 0 aliphatic carbocycles. The average molecular weight is 340 g/mol. The molecule has 18 heavy (non-hydrogen) atoms. The van der Waals surface area contributed by atoms with Crippen LogP contribution in [0.3, 0.4) is 0 Å². The van der Waals surface area contributed by atoms with Crippen LogP contribution in [0.4, 0.5) is 9.57 Å². The van der Waals surface area contributed by atoms with E-state index in [4.69, 9.17) is 5.11 Å². The molecule has 0 atom stereocenters. The van der Waals surface area contributed by atoms with E-state index >= 15 is 0 Å². The molecule has 0 aliphatic rings. The van der Waals surface area contributed by atoms with Crippen molar-refractivity contribution in [3.05, 3.63) is 22.2 Å². The van der Waals surface area contributed by atoms with Gasteiger partial charge in [0.2, 0.25) is 5.91 Å². The summed E-state index contributed by atoms with van der Waals surface area (Å²) >= 11 is 2.76. The zero-order valence-corrected chi connectivity index (χ0v) is 11.3. The zero-order chi connectivity index (χ0) is 14.1. The van der Waals surface area contributed by atoms with E-state index in [1.54, 1.807) is 0 Å². The second kappa shape index (κ2) is 5.02. The Balaban J connectivity index is 3.56. The van der Waals surface area contributed by atoms with Crippen molar-refractivity contribution in [1.29, 1.82) is 0 Å². The van der Waals surface area contributed by atoms with Gasteiger partial charge in [0, 0.05) is 17.1 Å². The van der Waals surface area contributed by atoms with E-state index in [9.17, 15) is 21.9 Å². The van der Waals surface area contributed by atoms with Crippen molar-refractivity contribution < 1.29 is 27.0 Å². The van der Waals surface area contributed by atoms with Gasteiger partial charge in [0.15, 0.2) is 0 Å². The number of halogens is 2. The summed E-state index contributed by atoms with van der Waals surface area (Å²) < 4.78 is 34.4. The van der Waals surface area contributed by atoms with Gasteiger partial charge in [-0.1, -0.05) is 0 Å². The quantitative estimate of drug-likeness (QED) is 0.817. The number of amides is 1. The van der Waals surface area contributed by atoms with Crippen molar-refractivity contribution in [2.75, 3.05) is 5.32 Å². The number of carbonyl (C=O) groups excluding carboxylic acids is 1. The SMILES string of the molecule is CC(=O)Nc1cc(Br)c(S(=O)(=O)F)c(C(=O)O)c1. The predicted molar refractivity (Wildman–Crippen MR) is 63.7 cm³/mol. The Bertz CT molecular complexity index is 628. The maximum atomic E-state index is 13.0. The minimum Gasteiger partial charge on any atom is -0.478 e. The molecule has 2 N–H and O–H groups in total. The topological polar surface area (TPSA) is 101 Å². The van der Waals surface area contributed by atoms with E-state index in [1.807, 2.05) is 0 Å². The van der Waals surface area contributed by atoms with Crippen LogP contribution in [0.15, 0.2) is 21.5 Å². The highest BCUT2D eigenvalue weighted by molar-refractivity contribution is 9.10. The molecule has 0 unspecified atom stereocenters. The number of hydrogen-bond acceptors (Lipinski definition) is 4. The highest BCUT2D eigenvalue weighted by Crippen LogP contribution is 2.31. The summed E-state index contributed by atoms with van der Waals surface area (Å²) in [4.78, 5) is 20.7. The van der Waals surface area contributed by atoms with Crippen molar-refractivity contribution in [2.24, 2.45) is 0 Å². The standard InChI is InChI=1S/C9H7BrFNO5S/c1-4(13)12-5-2-6(9(14)15)8(7(10)3-5)18(11,16)17/h2-3H,1H3,(H,12,13)(H,14,15). The molecular formula is C9H7BrFNO5S. The molecule has 0 radical (unpaired) electrons. The van der Waals surface area contributed by atoms with Gasteiger partial charge < -0.3 is 10.4 Å². The normalized spacial score (nSPS) is 11.1. The van der Waals surface area contributed by atoms with E-state index in [0.717, 1.165) is 12.1 Å². The first kappa shape index (κ1) is 14.6. The highest BCUT2D eigenvalue weighted by Gasteiger charge is 2.26. The number of carboxylic acid groups (broad SMARTS) is 1. The van der Waals surface area contributed by atoms with Crippen molar-refractivity contribution in [3.63, 3.8) is 0 Å². The monoisotopic (exact) mass is 339 g/mol. The van der Waals surface area contributed by atoms with Crippen LogP contribution in [-0.4, -0.2) is 25.4 Å². The summed E-state index contributed by atoms with van der Waals surface area (Å²) in [5, 5.41) is 11.1. The molecule has 0 saturated carbocycles. The summed E-state index contributed by atoms with van der Waals surface area (Å²) in [6.07, 6.45) is 0. The molecule has 1 aromatic carbocycles. The van der Waals surface area contributed by atoms with Crippen LogP contribution in [0, 0.1) is 0 Å². The third-order valence-electron chi connectivity index (χ3n) is 1.84. The first-order chi connectivity index (χ1) is 8.12. The summed E-state index contributed by atoms with van der Waals surface area (Å²) in [5.74, 6) is -2.10. The molecule has 0 spiro atoms. The van der Waals surface area contributed by atoms with Crippen LogP contribution in [0.25, 0.3) is 0 Å². The Morgan fingerprint density at radius 3 is 2.33 bits per heavy atom. The first-order valence-corrected chi connectivity index (χ1v) is 6.59. The maximum Gasteiger partial charge on any atom is 0.337 e. The Morgan fingerprint density at radius 1 is 1.39 bits per heavy atom. The molecular weight excluding hydrogens is 333 g/mol. The van der Waals surface area contributed by atoms with Gasteiger partial charge in [0.25, 0.3) is 0 Å². The van der Waals surface area contributed by atoms with Crippen LogP contribution in [0.5, 0.6) is 0 Å². The van der Waals surface area contributed by atoms with Gasteiger partial charge in [-0.2, -0.15) is 8.42 Å². The second-order valence-corrected chi connectivity index (χ2v) is 5.40. The first-order valence-electron chi connectivity index (χ1n) is 4.42. The Hall–Kier alpha value is -1.48. The molecule has 98 valence electrons. The van der Waals surface area contributed by atoms with Crippen molar-refractivity contribution in [3.8, 4) is 0 Å². The highest BCUT2D eigenvalue weighted by atomic mass is 79.9. The van der Waals surface area contributed by atoms with Gasteiger partial charge in [-0.25, -0.2) is 4.79 Å². The van der Waals surface area contributed by atoms with E-state index in [1.165, 1.54) is 6.92 Å². The smallest absolute Gasteiger partial charge is 0.337 e. The lowest BCUT2D eigenvalue weighted by molar-refractivity contribution is -0.114. The van der Waals surface area contributed by atoms with Crippen molar-refractivity contribution in [2.45, 2.75) is 11.8 Å². The fourth-order valence-corrected chi connectivity index (χ4v) is 3.02. The van der Waals surface area contributed by atoms with E-state index in [2.05, 4.69) is 21.2 Å². The zero-order valence-electron chi connectivity index (χ0n) is 8.90. The Labute approximate surface area is 110 Å². The fraction of sp³-hybridized carbons (Fsp3) is 0.111. The number of hydrogen-bond donors (Lipinski definition) is 2. The van der Waals surface area contributed by atoms with Crippen LogP contribution in [-0.2, 0) is 15.0 Å². The lowest BCUT2D eigenvalue weighted by Gasteiger charge is -2.08. The fourth-order valence-electron chi connectivity index (χ4n) is 1.28. The van der Waals surface area contributed by atoms with E-state index < -0.39 is 32.6 Å². The summed E-state index contributed by atoms with van der Waals surface area (Å²) in [7, 11) is -5.19. The summed E-state index contributed by atoms with van der Waals surface area (Å²) in [6, 6.07) is 1.96.